The van der Waals surface area contributed by atoms with Gasteiger partial charge in [0.2, 0.25) is 10.0 Å². The maximum Gasteiger partial charge on any atom is 0.265 e. The largest absolute Gasteiger partial charge is 0.338 e. The number of aryl methyl sites for hydroxylation is 1. The molecular formula is C16H27N3O3S2. The number of nitrogens with zero attached hydrogens (tertiary/aromatic N) is 3. The fraction of sp³-hybridized carbons (Fsp3) is 0.750. The van der Waals surface area contributed by atoms with Crippen LogP contribution in [0.15, 0.2) is 0 Å². The lowest BCUT2D eigenvalue weighted by atomic mass is 9.98. The van der Waals surface area contributed by atoms with E-state index in [1.165, 1.54) is 21.9 Å². The van der Waals surface area contributed by atoms with Gasteiger partial charge in [0.25, 0.3) is 5.91 Å². The van der Waals surface area contributed by atoms with Crippen molar-refractivity contribution in [2.75, 3.05) is 26.4 Å². The number of aromatic nitrogens is 1. The Bertz CT molecular complexity index is 711. The Labute approximate surface area is 148 Å². The lowest BCUT2D eigenvalue weighted by molar-refractivity contribution is 0.0690. The van der Waals surface area contributed by atoms with Crippen molar-refractivity contribution >= 4 is 27.3 Å². The Hall–Kier alpha value is -0.990. The number of thiazole rings is 1. The average Bonchev–Trinajstić information content (AvgIpc) is 2.87. The topological polar surface area (TPSA) is 70.6 Å². The molecule has 1 aromatic rings. The number of sulfonamides is 1. The van der Waals surface area contributed by atoms with E-state index in [-0.39, 0.29) is 17.4 Å². The SMILES string of the molecule is Cc1nc(C(C)(C)C)sc1C(=O)N1CCC(N(C)S(C)(=O)=O)CC1. The molecule has 0 saturated carbocycles. The molecule has 1 aromatic heterocycles. The van der Waals surface area contributed by atoms with Crippen LogP contribution in [0, 0.1) is 6.92 Å². The molecule has 0 aromatic carbocycles. The second kappa shape index (κ2) is 6.72. The van der Waals surface area contributed by atoms with Crippen LogP contribution < -0.4 is 0 Å². The molecule has 0 aliphatic carbocycles. The van der Waals surface area contributed by atoms with E-state index in [1.54, 1.807) is 7.05 Å². The number of rotatable bonds is 3. The van der Waals surface area contributed by atoms with Crippen molar-refractivity contribution in [2.24, 2.45) is 0 Å². The summed E-state index contributed by atoms with van der Waals surface area (Å²) >= 11 is 1.47. The number of carbonyl (C=O) groups is 1. The van der Waals surface area contributed by atoms with Crippen LogP contribution in [0.3, 0.4) is 0 Å². The molecule has 0 atom stereocenters. The number of amides is 1. The lowest BCUT2D eigenvalue weighted by Gasteiger charge is -2.35. The van der Waals surface area contributed by atoms with Gasteiger partial charge in [0.05, 0.1) is 17.0 Å². The average molecular weight is 374 g/mol. The smallest absolute Gasteiger partial charge is 0.265 e. The molecule has 24 heavy (non-hydrogen) atoms. The highest BCUT2D eigenvalue weighted by molar-refractivity contribution is 7.88. The van der Waals surface area contributed by atoms with Gasteiger partial charge < -0.3 is 4.90 Å². The van der Waals surface area contributed by atoms with Crippen LogP contribution >= 0.6 is 11.3 Å². The number of hydrogen-bond acceptors (Lipinski definition) is 5. The van der Waals surface area contributed by atoms with Gasteiger partial charge in [-0.25, -0.2) is 17.7 Å². The van der Waals surface area contributed by atoms with Gasteiger partial charge in [-0.1, -0.05) is 20.8 Å². The molecule has 6 nitrogen and oxygen atoms in total. The van der Waals surface area contributed by atoms with E-state index in [0.717, 1.165) is 10.7 Å². The molecule has 0 bridgehead atoms. The molecule has 2 rings (SSSR count). The Morgan fingerprint density at radius 2 is 1.83 bits per heavy atom. The van der Waals surface area contributed by atoms with E-state index < -0.39 is 10.0 Å². The normalized spacial score (nSPS) is 17.5. The summed E-state index contributed by atoms with van der Waals surface area (Å²) in [5, 5.41) is 0.968. The molecule has 1 amide bonds. The first kappa shape index (κ1) is 19.3. The van der Waals surface area contributed by atoms with Gasteiger partial charge in [-0.2, -0.15) is 0 Å². The van der Waals surface area contributed by atoms with Crippen LogP contribution in [0.25, 0.3) is 0 Å². The highest BCUT2D eigenvalue weighted by atomic mass is 32.2. The molecule has 0 N–H and O–H groups in total. The molecular weight excluding hydrogens is 346 g/mol. The standard InChI is InChI=1S/C16H27N3O3S2/c1-11-13(23-15(17-11)16(2,3)4)14(20)19-9-7-12(8-10-19)18(5)24(6,21)22/h12H,7-10H2,1-6H3. The van der Waals surface area contributed by atoms with Gasteiger partial charge in [0.15, 0.2) is 0 Å². The minimum Gasteiger partial charge on any atom is -0.338 e. The van der Waals surface area contributed by atoms with E-state index >= 15 is 0 Å². The van der Waals surface area contributed by atoms with E-state index in [1.807, 2.05) is 11.8 Å². The van der Waals surface area contributed by atoms with Crippen molar-refractivity contribution in [1.29, 1.82) is 0 Å². The van der Waals surface area contributed by atoms with Crippen molar-refractivity contribution in [3.05, 3.63) is 15.6 Å². The number of likely N-dealkylation sites (tertiary alicyclic amines) is 1. The first-order valence-electron chi connectivity index (χ1n) is 8.11. The summed E-state index contributed by atoms with van der Waals surface area (Å²) in [4.78, 5) is 19.9. The third-order valence-corrected chi connectivity index (χ3v) is 7.34. The molecule has 0 spiro atoms. The summed E-state index contributed by atoms with van der Waals surface area (Å²) in [5.74, 6) is 0.0148. The van der Waals surface area contributed by atoms with Crippen LogP contribution in [-0.4, -0.2) is 60.9 Å². The molecule has 1 fully saturated rings. The summed E-state index contributed by atoms with van der Waals surface area (Å²) < 4.78 is 24.7. The van der Waals surface area contributed by atoms with Crippen molar-refractivity contribution in [3.8, 4) is 0 Å². The molecule has 136 valence electrons. The summed E-state index contributed by atoms with van der Waals surface area (Å²) in [5.41, 5.74) is 0.712. The quantitative estimate of drug-likeness (QED) is 0.815. The summed E-state index contributed by atoms with van der Waals surface area (Å²) in [6.07, 6.45) is 2.55. The van der Waals surface area contributed by atoms with Crippen molar-refractivity contribution in [3.63, 3.8) is 0 Å². The highest BCUT2D eigenvalue weighted by Gasteiger charge is 2.31. The fourth-order valence-electron chi connectivity index (χ4n) is 2.76. The zero-order chi connectivity index (χ0) is 18.3. The second-order valence-electron chi connectivity index (χ2n) is 7.49. The third kappa shape index (κ3) is 4.15. The molecule has 1 saturated heterocycles. The Morgan fingerprint density at radius 3 is 2.25 bits per heavy atom. The maximum absolute atomic E-state index is 12.8. The van der Waals surface area contributed by atoms with Gasteiger partial charge in [-0.3, -0.25) is 4.79 Å². The molecule has 8 heteroatoms. The zero-order valence-corrected chi connectivity index (χ0v) is 16.9. The van der Waals surface area contributed by atoms with Crippen LogP contribution in [0.1, 0.15) is 54.0 Å². The van der Waals surface area contributed by atoms with Crippen molar-refractivity contribution in [2.45, 2.75) is 52.0 Å². The number of carbonyl (C=O) groups excluding carboxylic acids is 1. The highest BCUT2D eigenvalue weighted by Crippen LogP contribution is 2.30. The summed E-state index contributed by atoms with van der Waals surface area (Å²) in [6, 6.07) is -0.0308. The zero-order valence-electron chi connectivity index (χ0n) is 15.3. The van der Waals surface area contributed by atoms with Crippen LogP contribution in [0.2, 0.25) is 0 Å². The summed E-state index contributed by atoms with van der Waals surface area (Å²) in [6.45, 7) is 9.30. The van der Waals surface area contributed by atoms with Crippen LogP contribution in [-0.2, 0) is 15.4 Å². The minimum atomic E-state index is -3.19. The summed E-state index contributed by atoms with van der Waals surface area (Å²) in [7, 11) is -1.58. The van der Waals surface area contributed by atoms with E-state index in [0.29, 0.717) is 30.8 Å². The van der Waals surface area contributed by atoms with Crippen molar-refractivity contribution in [1.82, 2.24) is 14.2 Å². The lowest BCUT2D eigenvalue weighted by Crippen LogP contribution is -2.47. The van der Waals surface area contributed by atoms with Gasteiger partial charge in [0, 0.05) is 31.6 Å². The number of hydrogen-bond donors (Lipinski definition) is 0. The number of piperidine rings is 1. The second-order valence-corrected chi connectivity index (χ2v) is 10.5. The van der Waals surface area contributed by atoms with Crippen LogP contribution in [0.4, 0.5) is 0 Å². The predicted octanol–water partition coefficient (Wildman–Crippen LogP) is 2.25. The monoisotopic (exact) mass is 373 g/mol. The van der Waals surface area contributed by atoms with Gasteiger partial charge in [-0.15, -0.1) is 11.3 Å². The first-order valence-corrected chi connectivity index (χ1v) is 10.8. The Kier molecular flexibility index (Phi) is 5.42. The van der Waals surface area contributed by atoms with Crippen molar-refractivity contribution < 1.29 is 13.2 Å². The molecule has 0 radical (unpaired) electrons. The predicted molar refractivity (Wildman–Crippen MR) is 97.1 cm³/mol. The van der Waals surface area contributed by atoms with Gasteiger partial charge >= 0.3 is 0 Å². The van der Waals surface area contributed by atoms with E-state index in [2.05, 4.69) is 25.8 Å². The molecule has 1 aliphatic rings. The fourth-order valence-corrected chi connectivity index (χ4v) is 4.61. The van der Waals surface area contributed by atoms with E-state index in [9.17, 15) is 13.2 Å². The molecule has 2 heterocycles. The Morgan fingerprint density at radius 1 is 1.29 bits per heavy atom. The third-order valence-electron chi connectivity index (χ3n) is 4.42. The Balaban J connectivity index is 2.07. The molecule has 0 unspecified atom stereocenters. The molecule has 1 aliphatic heterocycles. The van der Waals surface area contributed by atoms with Gasteiger partial charge in [-0.05, 0) is 19.8 Å². The maximum atomic E-state index is 12.8. The van der Waals surface area contributed by atoms with Gasteiger partial charge in [0.1, 0.15) is 4.88 Å². The van der Waals surface area contributed by atoms with E-state index in [4.69, 9.17) is 0 Å². The van der Waals surface area contributed by atoms with Crippen LogP contribution in [0.5, 0.6) is 0 Å². The minimum absolute atomic E-state index is 0.0148. The first-order chi connectivity index (χ1) is 10.9.